The Morgan fingerprint density at radius 1 is 0.771 bits per heavy atom. The molecule has 1 atom stereocenters. The number of ether oxygens (including phenoxy) is 1. The molecule has 0 radical (unpaired) electrons. The highest BCUT2D eigenvalue weighted by atomic mass is 19.1. The third-order valence-electron chi connectivity index (χ3n) is 9.15. The molecule has 4 heterocycles. The number of imidazole rings is 1. The maximum Gasteiger partial charge on any atom is 0.213 e. The summed E-state index contributed by atoms with van der Waals surface area (Å²) in [5.41, 5.74) is 7.34. The van der Waals surface area contributed by atoms with Gasteiger partial charge in [0.15, 0.2) is 0 Å². The summed E-state index contributed by atoms with van der Waals surface area (Å²) in [5, 5.41) is 5.44. The largest absolute Gasteiger partial charge is 0.481 e. The van der Waals surface area contributed by atoms with Crippen LogP contribution in [0.4, 0.5) is 4.39 Å². The van der Waals surface area contributed by atoms with E-state index in [1.54, 1.807) is 19.2 Å². The molecule has 0 spiro atoms. The summed E-state index contributed by atoms with van der Waals surface area (Å²) < 4.78 is 23.8. The quantitative estimate of drug-likeness (QED) is 0.168. The zero-order valence-electron chi connectivity index (χ0n) is 26.3. The van der Waals surface area contributed by atoms with Crippen molar-refractivity contribution in [2.45, 2.75) is 12.0 Å². The van der Waals surface area contributed by atoms with Crippen LogP contribution in [0.1, 0.15) is 17.5 Å². The van der Waals surface area contributed by atoms with E-state index in [1.165, 1.54) is 12.1 Å². The molecule has 7 aromatic rings. The summed E-state index contributed by atoms with van der Waals surface area (Å²) in [6.07, 6.45) is 15.6. The van der Waals surface area contributed by atoms with Crippen molar-refractivity contribution in [2.24, 2.45) is 5.92 Å². The van der Waals surface area contributed by atoms with Gasteiger partial charge in [0.25, 0.3) is 0 Å². The number of pyridine rings is 2. The maximum absolute atomic E-state index is 14.2. The van der Waals surface area contributed by atoms with Gasteiger partial charge < -0.3 is 4.74 Å². The summed E-state index contributed by atoms with van der Waals surface area (Å²) in [7, 11) is 1.61. The molecule has 0 aliphatic heterocycles. The van der Waals surface area contributed by atoms with Crippen molar-refractivity contribution in [3.63, 3.8) is 0 Å². The monoisotopic (exact) mass is 629 g/mol. The second-order valence-electron chi connectivity index (χ2n) is 11.9. The Labute approximate surface area is 278 Å². The minimum absolute atomic E-state index is 0.0583. The van der Waals surface area contributed by atoms with Gasteiger partial charge >= 0.3 is 0 Å². The van der Waals surface area contributed by atoms with E-state index in [0.29, 0.717) is 5.88 Å². The molecule has 0 N–H and O–H groups in total. The maximum atomic E-state index is 14.2. The van der Waals surface area contributed by atoms with Crippen molar-refractivity contribution in [3.8, 4) is 39.7 Å². The van der Waals surface area contributed by atoms with Crippen molar-refractivity contribution < 1.29 is 9.13 Å². The topological polar surface area (TPSA) is 57.2 Å². The zero-order chi connectivity index (χ0) is 32.5. The van der Waals surface area contributed by atoms with Gasteiger partial charge in [0.05, 0.1) is 24.7 Å². The SMILES string of the molecule is COc1cccc(-c2cnc3ccc(-c4cn(C(c5ccccc5)(c5ccccc5)C5C=CC=CC5)nc4-c4ccc(F)cc4)cn23)n1. The van der Waals surface area contributed by atoms with Crippen LogP contribution in [0.25, 0.3) is 39.4 Å². The Bertz CT molecular complexity index is 2230. The highest BCUT2D eigenvalue weighted by Gasteiger charge is 2.44. The van der Waals surface area contributed by atoms with Gasteiger partial charge in [-0.05, 0) is 60.0 Å². The number of methoxy groups -OCH3 is 1. The number of benzene rings is 3. The van der Waals surface area contributed by atoms with Crippen molar-refractivity contribution in [1.82, 2.24) is 24.1 Å². The summed E-state index contributed by atoms with van der Waals surface area (Å²) in [5.74, 6) is 0.295. The molecule has 6 nitrogen and oxygen atoms in total. The van der Waals surface area contributed by atoms with Crippen LogP contribution in [0.15, 0.2) is 158 Å². The first-order valence-corrected chi connectivity index (χ1v) is 15.9. The second-order valence-corrected chi connectivity index (χ2v) is 11.9. The number of fused-ring (bicyclic) bond motifs is 1. The average molecular weight is 630 g/mol. The lowest BCUT2D eigenvalue weighted by Crippen LogP contribution is -2.43. The Balaban J connectivity index is 1.40. The molecule has 234 valence electrons. The van der Waals surface area contributed by atoms with Crippen LogP contribution in [0.3, 0.4) is 0 Å². The van der Waals surface area contributed by atoms with Crippen molar-refractivity contribution >= 4 is 5.65 Å². The molecular formula is C41H32FN5O. The lowest BCUT2D eigenvalue weighted by Gasteiger charge is -2.41. The molecule has 0 bridgehead atoms. The standard InChI is InChI=1S/C41H32FN5O/c1-48-39-19-11-18-36(44-39)37-26-43-38-25-22-30(27-46(37)38)35-28-47(45-40(35)29-20-23-34(42)24-21-29)41(31-12-5-2-6-13-31,32-14-7-3-8-15-32)33-16-9-4-10-17-33/h2-16,18-28,33H,17H2,1H3. The third-order valence-corrected chi connectivity index (χ3v) is 9.15. The van der Waals surface area contributed by atoms with Crippen LogP contribution in [0.2, 0.25) is 0 Å². The molecule has 0 saturated carbocycles. The molecule has 3 aromatic carbocycles. The highest BCUT2D eigenvalue weighted by Crippen LogP contribution is 2.46. The van der Waals surface area contributed by atoms with E-state index in [0.717, 1.165) is 57.0 Å². The number of nitrogens with zero attached hydrogens (tertiary/aromatic N) is 5. The van der Waals surface area contributed by atoms with E-state index in [1.807, 2.05) is 47.0 Å². The van der Waals surface area contributed by atoms with E-state index in [9.17, 15) is 4.39 Å². The first-order valence-electron chi connectivity index (χ1n) is 15.9. The van der Waals surface area contributed by atoms with Crippen LogP contribution < -0.4 is 4.74 Å². The number of aromatic nitrogens is 5. The van der Waals surface area contributed by atoms with E-state index >= 15 is 0 Å². The van der Waals surface area contributed by atoms with Gasteiger partial charge in [-0.2, -0.15) is 5.10 Å². The molecule has 0 amide bonds. The predicted molar refractivity (Wildman–Crippen MR) is 187 cm³/mol. The minimum Gasteiger partial charge on any atom is -0.481 e. The first-order chi connectivity index (χ1) is 23.6. The number of allylic oxidation sites excluding steroid dienone is 4. The molecule has 1 unspecified atom stereocenters. The van der Waals surface area contributed by atoms with E-state index in [2.05, 4.69) is 106 Å². The van der Waals surface area contributed by atoms with Crippen molar-refractivity contribution in [2.75, 3.05) is 7.11 Å². The number of hydrogen-bond donors (Lipinski definition) is 0. The minimum atomic E-state index is -0.689. The molecule has 0 fully saturated rings. The van der Waals surface area contributed by atoms with Crippen molar-refractivity contribution in [3.05, 3.63) is 175 Å². The molecule has 0 saturated heterocycles. The van der Waals surface area contributed by atoms with Crippen LogP contribution in [0, 0.1) is 11.7 Å². The zero-order valence-corrected chi connectivity index (χ0v) is 26.3. The molecule has 1 aliphatic carbocycles. The van der Waals surface area contributed by atoms with Crippen LogP contribution in [-0.2, 0) is 5.54 Å². The Kier molecular flexibility index (Phi) is 7.49. The highest BCUT2D eigenvalue weighted by molar-refractivity contribution is 5.81. The fourth-order valence-electron chi connectivity index (χ4n) is 6.89. The molecular weight excluding hydrogens is 597 g/mol. The van der Waals surface area contributed by atoms with Crippen molar-refractivity contribution in [1.29, 1.82) is 0 Å². The van der Waals surface area contributed by atoms with Crippen LogP contribution in [0.5, 0.6) is 5.88 Å². The van der Waals surface area contributed by atoms with Gasteiger partial charge in [-0.1, -0.05) is 91.0 Å². The van der Waals surface area contributed by atoms with Gasteiger partial charge in [0, 0.05) is 41.1 Å². The molecule has 8 rings (SSSR count). The molecule has 7 heteroatoms. The second kappa shape index (κ2) is 12.3. The summed E-state index contributed by atoms with van der Waals surface area (Å²) in [6.45, 7) is 0. The van der Waals surface area contributed by atoms with Crippen LogP contribution >= 0.6 is 0 Å². The van der Waals surface area contributed by atoms with Gasteiger partial charge in [-0.15, -0.1) is 0 Å². The predicted octanol–water partition coefficient (Wildman–Crippen LogP) is 9.00. The number of halogens is 1. The lowest BCUT2D eigenvalue weighted by atomic mass is 9.70. The molecule has 48 heavy (non-hydrogen) atoms. The summed E-state index contributed by atoms with van der Waals surface area (Å²) in [4.78, 5) is 9.33. The Morgan fingerprint density at radius 2 is 1.50 bits per heavy atom. The number of hydrogen-bond acceptors (Lipinski definition) is 4. The fraction of sp³-hybridized carbons (Fsp3) is 0.0976. The lowest BCUT2D eigenvalue weighted by molar-refractivity contribution is 0.293. The smallest absolute Gasteiger partial charge is 0.213 e. The van der Waals surface area contributed by atoms with Gasteiger partial charge in [-0.3, -0.25) is 9.08 Å². The van der Waals surface area contributed by atoms with E-state index < -0.39 is 5.54 Å². The average Bonchev–Trinajstić information content (AvgIpc) is 3.79. The Hall–Kier alpha value is -6.08. The van der Waals surface area contributed by atoms with E-state index in [-0.39, 0.29) is 11.7 Å². The third kappa shape index (κ3) is 5.00. The first kappa shape index (κ1) is 29.3. The van der Waals surface area contributed by atoms with Crippen LogP contribution in [-0.4, -0.2) is 31.3 Å². The fourth-order valence-corrected chi connectivity index (χ4v) is 6.89. The summed E-state index contributed by atoms with van der Waals surface area (Å²) >= 11 is 0. The molecule has 1 aliphatic rings. The molecule has 4 aromatic heterocycles. The van der Waals surface area contributed by atoms with Gasteiger partial charge in [0.1, 0.15) is 22.7 Å². The summed E-state index contributed by atoms with van der Waals surface area (Å²) in [6, 6.07) is 37.5. The number of rotatable bonds is 8. The van der Waals surface area contributed by atoms with Gasteiger partial charge in [-0.25, -0.2) is 14.4 Å². The Morgan fingerprint density at radius 3 is 2.19 bits per heavy atom. The van der Waals surface area contributed by atoms with E-state index in [4.69, 9.17) is 9.84 Å². The van der Waals surface area contributed by atoms with Gasteiger partial charge in [0.2, 0.25) is 5.88 Å². The normalized spacial score (nSPS) is 14.4.